The summed E-state index contributed by atoms with van der Waals surface area (Å²) in [5.41, 5.74) is 1.91. The first-order valence-corrected chi connectivity index (χ1v) is 10.4. The molecular formula is C20H22N2O6S. The molecule has 0 saturated heterocycles. The van der Waals surface area contributed by atoms with Crippen LogP contribution in [0, 0.1) is 0 Å². The number of carbonyl (C=O) groups is 2. The summed E-state index contributed by atoms with van der Waals surface area (Å²) in [6.07, 6.45) is 0.739. The van der Waals surface area contributed by atoms with Crippen molar-refractivity contribution in [3.63, 3.8) is 0 Å². The van der Waals surface area contributed by atoms with Crippen LogP contribution in [0.25, 0.3) is 0 Å². The van der Waals surface area contributed by atoms with Gasteiger partial charge >= 0.3 is 5.97 Å². The van der Waals surface area contributed by atoms with Crippen molar-refractivity contribution in [1.82, 2.24) is 4.47 Å². The maximum atomic E-state index is 12.6. The van der Waals surface area contributed by atoms with Gasteiger partial charge in [0.15, 0.2) is 6.61 Å². The summed E-state index contributed by atoms with van der Waals surface area (Å²) in [6, 6.07) is 12.9. The second-order valence-electron chi connectivity index (χ2n) is 6.65. The largest absolute Gasteiger partial charge is 0.452 e. The summed E-state index contributed by atoms with van der Waals surface area (Å²) in [4.78, 5) is 31.2. The number of hydrogen-bond donors (Lipinski definition) is 0. The molecule has 2 aromatic carbocycles. The van der Waals surface area contributed by atoms with Gasteiger partial charge in [0.2, 0.25) is 0 Å². The van der Waals surface area contributed by atoms with E-state index in [1.54, 1.807) is 4.90 Å². The molecule has 0 radical (unpaired) electrons. The molecule has 3 rings (SSSR count). The van der Waals surface area contributed by atoms with Crippen molar-refractivity contribution >= 4 is 27.6 Å². The molecule has 1 amide bonds. The highest BCUT2D eigenvalue weighted by Crippen LogP contribution is 2.31. The Morgan fingerprint density at radius 2 is 1.90 bits per heavy atom. The van der Waals surface area contributed by atoms with Gasteiger partial charge in [-0.3, -0.25) is 9.63 Å². The van der Waals surface area contributed by atoms with Crippen LogP contribution >= 0.6 is 0 Å². The number of esters is 1. The average Bonchev–Trinajstić information content (AvgIpc) is 3.06. The lowest BCUT2D eigenvalue weighted by molar-refractivity contribution is -0.122. The van der Waals surface area contributed by atoms with Crippen molar-refractivity contribution in [2.24, 2.45) is 0 Å². The molecule has 154 valence electrons. The van der Waals surface area contributed by atoms with E-state index < -0.39 is 22.6 Å². The highest BCUT2D eigenvalue weighted by Gasteiger charge is 2.31. The minimum Gasteiger partial charge on any atom is -0.452 e. The third-order valence-corrected chi connectivity index (χ3v) is 6.44. The van der Waals surface area contributed by atoms with Gasteiger partial charge in [0.1, 0.15) is 0 Å². The Bertz CT molecular complexity index is 1040. The average molecular weight is 418 g/mol. The molecule has 8 nitrogen and oxygen atoms in total. The number of rotatable bonds is 6. The first kappa shape index (κ1) is 21.0. The molecule has 1 heterocycles. The molecular weight excluding hydrogens is 396 g/mol. The van der Waals surface area contributed by atoms with Gasteiger partial charge in [-0.05, 0) is 43.2 Å². The third kappa shape index (κ3) is 4.16. The second kappa shape index (κ2) is 8.32. The number of carbonyl (C=O) groups excluding carboxylic acids is 2. The fourth-order valence-electron chi connectivity index (χ4n) is 3.26. The summed E-state index contributed by atoms with van der Waals surface area (Å²) >= 11 is 0. The minimum atomic E-state index is -3.90. The molecule has 0 fully saturated rings. The quantitative estimate of drug-likeness (QED) is 0.526. The molecule has 0 aromatic heterocycles. The zero-order valence-electron chi connectivity index (χ0n) is 16.4. The van der Waals surface area contributed by atoms with Crippen LogP contribution in [0.4, 0.5) is 5.69 Å². The van der Waals surface area contributed by atoms with E-state index in [0.29, 0.717) is 4.47 Å². The van der Waals surface area contributed by atoms with E-state index in [2.05, 4.69) is 0 Å². The monoisotopic (exact) mass is 418 g/mol. The van der Waals surface area contributed by atoms with Crippen molar-refractivity contribution in [3.05, 3.63) is 59.7 Å². The molecule has 0 aliphatic carbocycles. The lowest BCUT2D eigenvalue weighted by atomic mass is 10.1. The Hall–Kier alpha value is -2.75. The van der Waals surface area contributed by atoms with Gasteiger partial charge in [0.05, 0.1) is 17.6 Å². The summed E-state index contributed by atoms with van der Waals surface area (Å²) in [6.45, 7) is 1.49. The highest BCUT2D eigenvalue weighted by atomic mass is 32.2. The first-order chi connectivity index (χ1) is 13.8. The van der Waals surface area contributed by atoms with E-state index in [0.717, 1.165) is 17.7 Å². The van der Waals surface area contributed by atoms with Gasteiger partial charge < -0.3 is 9.64 Å². The Morgan fingerprint density at radius 1 is 1.17 bits per heavy atom. The third-order valence-electron chi connectivity index (χ3n) is 4.77. The fraction of sp³-hybridized carbons (Fsp3) is 0.300. The number of fused-ring (bicyclic) bond motifs is 1. The lowest BCUT2D eigenvalue weighted by Gasteiger charge is -2.22. The molecule has 1 aliphatic heterocycles. The van der Waals surface area contributed by atoms with Crippen molar-refractivity contribution < 1.29 is 27.6 Å². The Labute approximate surface area is 169 Å². The summed E-state index contributed by atoms with van der Waals surface area (Å²) in [5, 5.41) is 0. The number of nitrogens with zero attached hydrogens (tertiary/aromatic N) is 2. The molecule has 0 spiro atoms. The number of benzene rings is 2. The van der Waals surface area contributed by atoms with Gasteiger partial charge in [-0.15, -0.1) is 0 Å². The summed E-state index contributed by atoms with van der Waals surface area (Å²) in [5.74, 6) is -1.12. The zero-order valence-corrected chi connectivity index (χ0v) is 17.2. The normalized spacial score (nSPS) is 16.0. The van der Waals surface area contributed by atoms with E-state index >= 15 is 0 Å². The van der Waals surface area contributed by atoms with Crippen LogP contribution in [0.2, 0.25) is 0 Å². The molecule has 0 unspecified atom stereocenters. The molecule has 0 saturated carbocycles. The minimum absolute atomic E-state index is 0.0262. The van der Waals surface area contributed by atoms with Gasteiger partial charge in [-0.1, -0.05) is 28.7 Å². The Morgan fingerprint density at radius 3 is 2.62 bits per heavy atom. The Kier molecular flexibility index (Phi) is 6.02. The van der Waals surface area contributed by atoms with Crippen LogP contribution in [0.5, 0.6) is 0 Å². The van der Waals surface area contributed by atoms with Gasteiger partial charge in [0, 0.05) is 18.8 Å². The first-order valence-electron chi connectivity index (χ1n) is 8.96. The molecule has 1 aliphatic rings. The number of sulfonamides is 1. The van der Waals surface area contributed by atoms with Crippen LogP contribution in [0.1, 0.15) is 22.8 Å². The van der Waals surface area contributed by atoms with Gasteiger partial charge in [-0.2, -0.15) is 0 Å². The fourth-order valence-corrected chi connectivity index (χ4v) is 4.28. The van der Waals surface area contributed by atoms with Crippen LogP contribution < -0.4 is 4.90 Å². The number of ether oxygens (including phenoxy) is 1. The molecule has 29 heavy (non-hydrogen) atoms. The number of hydroxylamine groups is 1. The lowest BCUT2D eigenvalue weighted by Crippen LogP contribution is -2.38. The van der Waals surface area contributed by atoms with E-state index in [4.69, 9.17) is 9.57 Å². The molecule has 2 aromatic rings. The van der Waals surface area contributed by atoms with Crippen molar-refractivity contribution in [3.8, 4) is 0 Å². The second-order valence-corrected chi connectivity index (χ2v) is 8.58. The van der Waals surface area contributed by atoms with Gasteiger partial charge in [0.25, 0.3) is 15.9 Å². The van der Waals surface area contributed by atoms with Gasteiger partial charge in [-0.25, -0.2) is 13.2 Å². The maximum Gasteiger partial charge on any atom is 0.338 e. The predicted octanol–water partition coefficient (Wildman–Crippen LogP) is 2.00. The van der Waals surface area contributed by atoms with Crippen molar-refractivity contribution in [1.29, 1.82) is 0 Å². The summed E-state index contributed by atoms with van der Waals surface area (Å²) < 4.78 is 30.5. The highest BCUT2D eigenvalue weighted by molar-refractivity contribution is 7.89. The van der Waals surface area contributed by atoms with E-state index in [1.165, 1.54) is 38.4 Å². The standard InChI is InChI=1S/C20H22N2O6S/c1-14-11-15-7-4-5-10-18(15)22(14)19(23)13-28-20(24)16-8-6-9-17(12-16)29(25,26)21(2)27-3/h4-10,12,14H,11,13H2,1-3H3/t14-/m1/s1. The van der Waals surface area contributed by atoms with Crippen molar-refractivity contribution in [2.45, 2.75) is 24.3 Å². The zero-order chi connectivity index (χ0) is 21.2. The molecule has 0 N–H and O–H groups in total. The van der Waals surface area contributed by atoms with Crippen LogP contribution in [0.3, 0.4) is 0 Å². The van der Waals surface area contributed by atoms with E-state index in [1.807, 2.05) is 31.2 Å². The van der Waals surface area contributed by atoms with E-state index in [9.17, 15) is 18.0 Å². The summed E-state index contributed by atoms with van der Waals surface area (Å²) in [7, 11) is -1.44. The number of anilines is 1. The topological polar surface area (TPSA) is 93.2 Å². The van der Waals surface area contributed by atoms with E-state index in [-0.39, 0.29) is 22.4 Å². The smallest absolute Gasteiger partial charge is 0.338 e. The SMILES string of the molecule is CON(C)S(=O)(=O)c1cccc(C(=O)OCC(=O)N2c3ccccc3C[C@H]2C)c1. The molecule has 1 atom stereocenters. The number of amides is 1. The number of hydrogen-bond acceptors (Lipinski definition) is 6. The van der Waals surface area contributed by atoms with Crippen LogP contribution in [-0.4, -0.2) is 51.6 Å². The number of para-hydroxylation sites is 1. The molecule has 0 bridgehead atoms. The maximum absolute atomic E-state index is 12.6. The van der Waals surface area contributed by atoms with Crippen LogP contribution in [-0.2, 0) is 30.8 Å². The molecule has 9 heteroatoms. The Balaban J connectivity index is 1.70. The van der Waals surface area contributed by atoms with Crippen molar-refractivity contribution in [2.75, 3.05) is 25.7 Å². The van der Waals surface area contributed by atoms with Crippen LogP contribution in [0.15, 0.2) is 53.4 Å². The predicted molar refractivity (Wildman–Crippen MR) is 106 cm³/mol.